The van der Waals surface area contributed by atoms with Crippen molar-refractivity contribution in [3.05, 3.63) is 92.8 Å². The van der Waals surface area contributed by atoms with Gasteiger partial charge < -0.3 is 9.64 Å². The lowest BCUT2D eigenvalue weighted by molar-refractivity contribution is -0.119. The number of aryl methyl sites for hydroxylation is 2. The summed E-state index contributed by atoms with van der Waals surface area (Å²) in [7, 11) is 0. The Hall–Kier alpha value is -3.78. The van der Waals surface area contributed by atoms with Gasteiger partial charge in [0.2, 0.25) is 5.91 Å². The van der Waals surface area contributed by atoms with Crippen molar-refractivity contribution in [3.63, 3.8) is 0 Å². The van der Waals surface area contributed by atoms with Gasteiger partial charge in [-0.15, -0.1) is 11.3 Å². The Kier molecular flexibility index (Phi) is 7.41. The van der Waals surface area contributed by atoms with Gasteiger partial charge in [-0.2, -0.15) is 0 Å². The molecule has 0 bridgehead atoms. The van der Waals surface area contributed by atoms with E-state index in [1.807, 2.05) is 68.4 Å². The molecule has 2 aromatic heterocycles. The van der Waals surface area contributed by atoms with E-state index >= 15 is 0 Å². The molecule has 0 atom stereocenters. The maximum Gasteiger partial charge on any atom is 0.348 e. The molecule has 35 heavy (non-hydrogen) atoms. The van der Waals surface area contributed by atoms with Crippen LogP contribution in [0.3, 0.4) is 0 Å². The number of thiophene rings is 1. The second-order valence-corrected chi connectivity index (χ2v) is 9.26. The van der Waals surface area contributed by atoms with Crippen molar-refractivity contribution in [3.8, 4) is 0 Å². The Morgan fingerprint density at radius 1 is 1.09 bits per heavy atom. The Morgan fingerprint density at radius 3 is 2.57 bits per heavy atom. The lowest BCUT2D eigenvalue weighted by Crippen LogP contribution is -2.36. The summed E-state index contributed by atoms with van der Waals surface area (Å²) >= 11 is 1.13. The van der Waals surface area contributed by atoms with E-state index in [4.69, 9.17) is 4.74 Å². The number of hydrogen-bond acceptors (Lipinski definition) is 6. The molecule has 0 saturated heterocycles. The van der Waals surface area contributed by atoms with Crippen molar-refractivity contribution in [1.82, 2.24) is 9.55 Å². The molecule has 0 unspecified atom stereocenters. The summed E-state index contributed by atoms with van der Waals surface area (Å²) < 4.78 is 6.75. The summed E-state index contributed by atoms with van der Waals surface area (Å²) in [6.07, 6.45) is 1.98. The van der Waals surface area contributed by atoms with Crippen molar-refractivity contribution < 1.29 is 14.3 Å². The van der Waals surface area contributed by atoms with Crippen LogP contribution >= 0.6 is 11.3 Å². The minimum Gasteiger partial charge on any atom is -0.461 e. The van der Waals surface area contributed by atoms with Gasteiger partial charge in [0.1, 0.15) is 16.3 Å². The molecule has 180 valence electrons. The third kappa shape index (κ3) is 5.33. The largest absolute Gasteiger partial charge is 0.461 e. The smallest absolute Gasteiger partial charge is 0.348 e. The molecule has 8 heteroatoms. The van der Waals surface area contributed by atoms with E-state index in [0.29, 0.717) is 33.6 Å². The molecule has 2 aromatic carbocycles. The van der Waals surface area contributed by atoms with Crippen molar-refractivity contribution in [1.29, 1.82) is 0 Å². The minimum absolute atomic E-state index is 0.143. The first-order valence-corrected chi connectivity index (χ1v) is 12.3. The first-order valence-electron chi connectivity index (χ1n) is 11.5. The minimum atomic E-state index is -0.472. The first-order chi connectivity index (χ1) is 16.9. The van der Waals surface area contributed by atoms with E-state index in [0.717, 1.165) is 28.2 Å². The maximum absolute atomic E-state index is 13.2. The number of carbonyl (C=O) groups excluding carboxylic acids is 2. The number of ether oxygens (including phenoxy) is 1. The highest BCUT2D eigenvalue weighted by atomic mass is 32.1. The van der Waals surface area contributed by atoms with Crippen LogP contribution in [0.15, 0.2) is 65.7 Å². The number of carbonyl (C=O) groups is 2. The van der Waals surface area contributed by atoms with Gasteiger partial charge in [0.25, 0.3) is 5.56 Å². The number of anilines is 1. The van der Waals surface area contributed by atoms with Gasteiger partial charge in [0, 0.05) is 18.7 Å². The third-order valence-electron chi connectivity index (χ3n) is 5.81. The van der Waals surface area contributed by atoms with Crippen LogP contribution < -0.4 is 10.5 Å². The average Bonchev–Trinajstić information content (AvgIpc) is 3.19. The molecule has 0 aliphatic rings. The molecule has 0 spiro atoms. The number of likely N-dealkylation sites (N-methyl/N-ethyl adjacent to an activating group) is 1. The van der Waals surface area contributed by atoms with E-state index < -0.39 is 5.97 Å². The molecular formula is C27H27N3O4S. The summed E-state index contributed by atoms with van der Waals surface area (Å²) in [4.78, 5) is 45.8. The van der Waals surface area contributed by atoms with Gasteiger partial charge in [-0.1, -0.05) is 42.5 Å². The van der Waals surface area contributed by atoms with Gasteiger partial charge in [0.15, 0.2) is 0 Å². The van der Waals surface area contributed by atoms with Gasteiger partial charge in [0.05, 0.1) is 18.3 Å². The highest BCUT2D eigenvalue weighted by molar-refractivity contribution is 7.20. The average molecular weight is 490 g/mol. The van der Waals surface area contributed by atoms with E-state index in [2.05, 4.69) is 4.98 Å². The summed E-state index contributed by atoms with van der Waals surface area (Å²) in [5, 5.41) is 0.346. The zero-order valence-electron chi connectivity index (χ0n) is 20.0. The second-order valence-electron chi connectivity index (χ2n) is 8.26. The number of benzene rings is 2. The number of nitrogens with zero attached hydrogens (tertiary/aromatic N) is 3. The van der Waals surface area contributed by atoms with E-state index in [1.165, 1.54) is 10.9 Å². The topological polar surface area (TPSA) is 81.5 Å². The van der Waals surface area contributed by atoms with Crippen LogP contribution in [0.1, 0.15) is 33.3 Å². The quantitative estimate of drug-likeness (QED) is 0.340. The van der Waals surface area contributed by atoms with Crippen LogP contribution in [0.4, 0.5) is 5.69 Å². The molecule has 0 aliphatic carbocycles. The van der Waals surface area contributed by atoms with Crippen LogP contribution in [-0.4, -0.2) is 34.6 Å². The Bertz CT molecular complexity index is 1430. The molecule has 0 fully saturated rings. The van der Waals surface area contributed by atoms with Crippen molar-refractivity contribution in [2.24, 2.45) is 0 Å². The highest BCUT2D eigenvalue weighted by Gasteiger charge is 2.22. The predicted octanol–water partition coefficient (Wildman–Crippen LogP) is 4.53. The number of esters is 1. The van der Waals surface area contributed by atoms with Crippen LogP contribution in [0.25, 0.3) is 10.2 Å². The second kappa shape index (κ2) is 10.7. The zero-order chi connectivity index (χ0) is 24.9. The van der Waals surface area contributed by atoms with E-state index in [-0.39, 0.29) is 24.6 Å². The number of aromatic nitrogens is 2. The number of hydrogen-bond donors (Lipinski definition) is 0. The molecule has 0 aliphatic heterocycles. The van der Waals surface area contributed by atoms with Crippen LogP contribution in [0, 0.1) is 13.8 Å². The molecule has 4 rings (SSSR count). The molecule has 7 nitrogen and oxygen atoms in total. The number of rotatable bonds is 8. The lowest BCUT2D eigenvalue weighted by atomic mass is 10.2. The molecular weight excluding hydrogens is 462 g/mol. The fourth-order valence-electron chi connectivity index (χ4n) is 3.97. The van der Waals surface area contributed by atoms with Crippen molar-refractivity contribution in [2.75, 3.05) is 18.1 Å². The Labute approximate surface area is 207 Å². The predicted molar refractivity (Wildman–Crippen MR) is 138 cm³/mol. The monoisotopic (exact) mass is 489 g/mol. The summed E-state index contributed by atoms with van der Waals surface area (Å²) in [6, 6.07) is 17.4. The highest BCUT2D eigenvalue weighted by Crippen LogP contribution is 2.27. The molecule has 1 amide bonds. The summed E-state index contributed by atoms with van der Waals surface area (Å²) in [5.74, 6) is -0.685. The van der Waals surface area contributed by atoms with Crippen molar-refractivity contribution in [2.45, 2.75) is 33.7 Å². The Morgan fingerprint density at radius 2 is 1.86 bits per heavy atom. The van der Waals surface area contributed by atoms with E-state index in [1.54, 1.807) is 11.8 Å². The number of fused-ring (bicyclic) bond motifs is 1. The lowest BCUT2D eigenvalue weighted by Gasteiger charge is -2.22. The van der Waals surface area contributed by atoms with Crippen LogP contribution in [0.5, 0.6) is 0 Å². The van der Waals surface area contributed by atoms with E-state index in [9.17, 15) is 14.4 Å². The fourth-order valence-corrected chi connectivity index (χ4v) is 5.00. The van der Waals surface area contributed by atoms with Crippen LogP contribution in [0.2, 0.25) is 0 Å². The fraction of sp³-hybridized carbons (Fsp3) is 0.259. The van der Waals surface area contributed by atoms with Gasteiger partial charge in [-0.05, 0) is 49.6 Å². The van der Waals surface area contributed by atoms with Crippen LogP contribution in [-0.2, 0) is 22.5 Å². The standard InChI is InChI=1S/C27H27N3O4S/c1-4-30(21-12-8-9-18(2)15-21)22(31)16-29-17-28-25-23(26(29)32)19(3)24(35-25)27(33)34-14-13-20-10-6-5-7-11-20/h5-12,15,17H,4,13-14,16H2,1-3H3. The zero-order valence-corrected chi connectivity index (χ0v) is 20.8. The van der Waals surface area contributed by atoms with Crippen molar-refractivity contribution >= 4 is 39.1 Å². The van der Waals surface area contributed by atoms with Gasteiger partial charge in [-0.25, -0.2) is 9.78 Å². The third-order valence-corrected chi connectivity index (χ3v) is 6.99. The molecule has 0 saturated carbocycles. The number of amides is 1. The SMILES string of the molecule is CCN(C(=O)Cn1cnc2sc(C(=O)OCCc3ccccc3)c(C)c2c1=O)c1cccc(C)c1. The van der Waals surface area contributed by atoms with Gasteiger partial charge >= 0.3 is 5.97 Å². The first kappa shape index (κ1) is 24.3. The maximum atomic E-state index is 13.2. The summed E-state index contributed by atoms with van der Waals surface area (Å²) in [5.41, 5.74) is 3.09. The van der Waals surface area contributed by atoms with Gasteiger partial charge in [-0.3, -0.25) is 14.2 Å². The molecule has 0 radical (unpaired) electrons. The molecule has 4 aromatic rings. The normalized spacial score (nSPS) is 10.9. The molecule has 0 N–H and O–H groups in total. The summed E-state index contributed by atoms with van der Waals surface area (Å²) in [6.45, 7) is 6.15. The molecule has 2 heterocycles. The Balaban J connectivity index is 1.52.